The first-order valence-corrected chi connectivity index (χ1v) is 8.22. The SMILES string of the molecule is C=C(NC(C)C(=C)SCC)c1sc(Cl)c(Cl)c1Cl. The molecule has 0 aromatic carbocycles. The fourth-order valence-electron chi connectivity index (χ4n) is 1.28. The lowest BCUT2D eigenvalue weighted by Crippen LogP contribution is -2.24. The van der Waals surface area contributed by atoms with Crippen LogP contribution in [0.25, 0.3) is 5.70 Å². The summed E-state index contributed by atoms with van der Waals surface area (Å²) in [7, 11) is 0. The monoisotopic (exact) mass is 341 g/mol. The Bertz CT molecular complexity index is 468. The van der Waals surface area contributed by atoms with Crippen molar-refractivity contribution in [2.45, 2.75) is 19.9 Å². The molecule has 18 heavy (non-hydrogen) atoms. The maximum atomic E-state index is 6.10. The summed E-state index contributed by atoms with van der Waals surface area (Å²) in [6, 6.07) is 0.109. The minimum Gasteiger partial charge on any atom is -0.377 e. The molecule has 1 nitrogen and oxygen atoms in total. The molecule has 1 unspecified atom stereocenters. The third-order valence-corrected chi connectivity index (χ3v) is 5.88. The maximum Gasteiger partial charge on any atom is 0.114 e. The molecule has 1 rings (SSSR count). The number of thioether (sulfide) groups is 1. The molecule has 0 radical (unpaired) electrons. The third-order valence-electron chi connectivity index (χ3n) is 2.23. The van der Waals surface area contributed by atoms with Crippen LogP contribution in [0.5, 0.6) is 0 Å². The molecule has 0 spiro atoms. The highest BCUT2D eigenvalue weighted by molar-refractivity contribution is 8.03. The van der Waals surface area contributed by atoms with Gasteiger partial charge in [-0.15, -0.1) is 23.1 Å². The van der Waals surface area contributed by atoms with Crippen molar-refractivity contribution in [3.63, 3.8) is 0 Å². The van der Waals surface area contributed by atoms with Crippen molar-refractivity contribution in [2.75, 3.05) is 5.75 Å². The smallest absolute Gasteiger partial charge is 0.114 e. The molecular weight excluding hydrogens is 329 g/mol. The van der Waals surface area contributed by atoms with E-state index < -0.39 is 0 Å². The summed E-state index contributed by atoms with van der Waals surface area (Å²) in [6.07, 6.45) is 0. The topological polar surface area (TPSA) is 12.0 Å². The van der Waals surface area contributed by atoms with E-state index in [9.17, 15) is 0 Å². The van der Waals surface area contributed by atoms with Crippen LogP contribution >= 0.6 is 57.9 Å². The first-order valence-electron chi connectivity index (χ1n) is 5.29. The fourth-order valence-corrected chi connectivity index (χ4v) is 3.72. The molecule has 0 saturated carbocycles. The van der Waals surface area contributed by atoms with E-state index >= 15 is 0 Å². The Morgan fingerprint density at radius 3 is 2.39 bits per heavy atom. The van der Waals surface area contributed by atoms with Gasteiger partial charge < -0.3 is 5.32 Å². The van der Waals surface area contributed by atoms with E-state index in [0.29, 0.717) is 20.1 Å². The molecule has 6 heteroatoms. The average molecular weight is 343 g/mol. The van der Waals surface area contributed by atoms with Crippen LogP contribution in [0.2, 0.25) is 14.4 Å². The fraction of sp³-hybridized carbons (Fsp3) is 0.333. The van der Waals surface area contributed by atoms with E-state index in [4.69, 9.17) is 34.8 Å². The van der Waals surface area contributed by atoms with Gasteiger partial charge in [-0.05, 0) is 17.6 Å². The second-order valence-electron chi connectivity index (χ2n) is 3.58. The van der Waals surface area contributed by atoms with Crippen LogP contribution in [-0.4, -0.2) is 11.8 Å². The van der Waals surface area contributed by atoms with Gasteiger partial charge in [0.05, 0.1) is 21.0 Å². The van der Waals surface area contributed by atoms with Crippen LogP contribution in [0.1, 0.15) is 18.7 Å². The van der Waals surface area contributed by atoms with Crippen LogP contribution in [0.4, 0.5) is 0 Å². The molecule has 1 atom stereocenters. The summed E-state index contributed by atoms with van der Waals surface area (Å²) in [6.45, 7) is 12.1. The lowest BCUT2D eigenvalue weighted by Gasteiger charge is -2.18. The zero-order valence-corrected chi connectivity index (χ0v) is 14.0. The third kappa shape index (κ3) is 3.84. The molecule has 0 fully saturated rings. The van der Waals surface area contributed by atoms with Crippen molar-refractivity contribution in [3.8, 4) is 0 Å². The first-order chi connectivity index (χ1) is 8.38. The van der Waals surface area contributed by atoms with Crippen molar-refractivity contribution in [3.05, 3.63) is 37.3 Å². The number of hydrogen-bond donors (Lipinski definition) is 1. The van der Waals surface area contributed by atoms with Gasteiger partial charge >= 0.3 is 0 Å². The van der Waals surface area contributed by atoms with E-state index in [2.05, 4.69) is 25.4 Å². The van der Waals surface area contributed by atoms with E-state index in [0.717, 1.165) is 15.5 Å². The summed E-state index contributed by atoms with van der Waals surface area (Å²) in [5.41, 5.74) is 0.712. The Morgan fingerprint density at radius 1 is 1.33 bits per heavy atom. The molecule has 0 aliphatic rings. The zero-order valence-electron chi connectivity index (χ0n) is 10.1. The van der Waals surface area contributed by atoms with Crippen molar-refractivity contribution in [2.24, 2.45) is 0 Å². The Balaban J connectivity index is 2.77. The van der Waals surface area contributed by atoms with Crippen molar-refractivity contribution < 1.29 is 0 Å². The van der Waals surface area contributed by atoms with E-state index in [1.165, 1.54) is 11.3 Å². The van der Waals surface area contributed by atoms with Gasteiger partial charge in [0.2, 0.25) is 0 Å². The second kappa shape index (κ2) is 7.11. The molecule has 0 bridgehead atoms. The van der Waals surface area contributed by atoms with Gasteiger partial charge in [-0.1, -0.05) is 54.9 Å². The highest BCUT2D eigenvalue weighted by atomic mass is 35.5. The number of thiophene rings is 1. The molecule has 0 aliphatic carbocycles. The Morgan fingerprint density at radius 2 is 1.94 bits per heavy atom. The largest absolute Gasteiger partial charge is 0.377 e. The predicted octanol–water partition coefficient (Wildman–Crippen LogP) is 5.92. The molecule has 0 saturated heterocycles. The molecule has 1 N–H and O–H groups in total. The lowest BCUT2D eigenvalue weighted by molar-refractivity contribution is 0.781. The van der Waals surface area contributed by atoms with Crippen molar-refractivity contribution >= 4 is 63.6 Å². The number of hydrogen-bond acceptors (Lipinski definition) is 3. The van der Waals surface area contributed by atoms with Gasteiger partial charge in [0.15, 0.2) is 0 Å². The van der Waals surface area contributed by atoms with E-state index in [1.54, 1.807) is 11.8 Å². The number of halogens is 3. The lowest BCUT2D eigenvalue weighted by atomic mass is 10.3. The van der Waals surface area contributed by atoms with Gasteiger partial charge in [0.25, 0.3) is 0 Å². The normalized spacial score (nSPS) is 12.3. The van der Waals surface area contributed by atoms with E-state index in [1.807, 2.05) is 6.92 Å². The Labute approximate surface area is 131 Å². The Kier molecular flexibility index (Phi) is 6.42. The minimum atomic E-state index is 0.109. The van der Waals surface area contributed by atoms with Gasteiger partial charge in [0, 0.05) is 5.70 Å². The Hall–Kier alpha value is 0.200. The molecule has 1 heterocycles. The van der Waals surface area contributed by atoms with Gasteiger partial charge in [0.1, 0.15) is 4.34 Å². The molecule has 1 aromatic heterocycles. The van der Waals surface area contributed by atoms with Crippen molar-refractivity contribution in [1.82, 2.24) is 5.32 Å². The summed E-state index contributed by atoms with van der Waals surface area (Å²) in [5.74, 6) is 0.995. The average Bonchev–Trinajstić information content (AvgIpc) is 2.57. The first kappa shape index (κ1) is 16.3. The van der Waals surface area contributed by atoms with Crippen LogP contribution in [0.15, 0.2) is 18.1 Å². The number of rotatable bonds is 6. The summed E-state index contributed by atoms with van der Waals surface area (Å²) in [5, 5.41) is 4.09. The van der Waals surface area contributed by atoms with Crippen molar-refractivity contribution in [1.29, 1.82) is 0 Å². The minimum absolute atomic E-state index is 0.109. The highest BCUT2D eigenvalue weighted by Gasteiger charge is 2.17. The van der Waals surface area contributed by atoms with Crippen LogP contribution in [0.3, 0.4) is 0 Å². The maximum absolute atomic E-state index is 6.10. The summed E-state index contributed by atoms with van der Waals surface area (Å²) >= 11 is 21.0. The molecule has 0 aliphatic heterocycles. The number of nitrogens with one attached hydrogen (secondary N) is 1. The molecular formula is C12H14Cl3NS2. The summed E-state index contributed by atoms with van der Waals surface area (Å²) in [4.78, 5) is 1.83. The van der Waals surface area contributed by atoms with Crippen LogP contribution < -0.4 is 5.32 Å². The zero-order chi connectivity index (χ0) is 13.9. The highest BCUT2D eigenvalue weighted by Crippen LogP contribution is 2.42. The second-order valence-corrected chi connectivity index (χ2v) is 7.35. The van der Waals surface area contributed by atoms with Crippen LogP contribution in [-0.2, 0) is 0 Å². The van der Waals surface area contributed by atoms with Gasteiger partial charge in [-0.3, -0.25) is 0 Å². The molecule has 0 amide bonds. The van der Waals surface area contributed by atoms with Gasteiger partial charge in [-0.2, -0.15) is 0 Å². The standard InChI is InChI=1S/C12H14Cl3NS2/c1-5-17-8(4)6(2)16-7(3)11-9(13)10(14)12(15)18-11/h6,16H,3-5H2,1-2H3. The predicted molar refractivity (Wildman–Crippen MR) is 88.3 cm³/mol. The molecule has 1 aromatic rings. The summed E-state index contributed by atoms with van der Waals surface area (Å²) < 4.78 is 0.481. The van der Waals surface area contributed by atoms with E-state index in [-0.39, 0.29) is 6.04 Å². The van der Waals surface area contributed by atoms with Crippen LogP contribution in [0, 0.1) is 0 Å². The van der Waals surface area contributed by atoms with Gasteiger partial charge in [-0.25, -0.2) is 0 Å². The quantitative estimate of drug-likeness (QED) is 0.688. The molecule has 100 valence electrons.